The smallest absolute Gasteiger partial charge is 0.241 e. The molecule has 132 valence electrons. The molecule has 0 amide bonds. The van der Waals surface area contributed by atoms with Gasteiger partial charge in [0.1, 0.15) is 11.8 Å². The van der Waals surface area contributed by atoms with Crippen molar-refractivity contribution in [1.29, 1.82) is 0 Å². The third-order valence-electron chi connectivity index (χ3n) is 4.22. The zero-order valence-corrected chi connectivity index (χ0v) is 14.6. The first-order chi connectivity index (χ1) is 12.6. The van der Waals surface area contributed by atoms with Gasteiger partial charge < -0.3 is 4.42 Å². The number of sulfonamides is 1. The molecule has 26 heavy (non-hydrogen) atoms. The third kappa shape index (κ3) is 3.14. The van der Waals surface area contributed by atoms with E-state index in [0.717, 1.165) is 5.39 Å². The molecule has 0 aliphatic rings. The zero-order chi connectivity index (χ0) is 18.0. The van der Waals surface area contributed by atoms with Crippen LogP contribution < -0.4 is 4.72 Å². The topological polar surface area (TPSA) is 77.1 Å². The third-order valence-corrected chi connectivity index (χ3v) is 5.70. The summed E-state index contributed by atoms with van der Waals surface area (Å²) >= 11 is 0. The highest BCUT2D eigenvalue weighted by atomic mass is 32.2. The van der Waals surface area contributed by atoms with Gasteiger partial charge in [0.15, 0.2) is 0 Å². The number of rotatable bonds is 6. The number of nitrogens with one attached hydrogen (secondary N) is 1. The van der Waals surface area contributed by atoms with Crippen LogP contribution in [0.3, 0.4) is 0 Å². The van der Waals surface area contributed by atoms with Crippen LogP contribution in [0, 0.1) is 0 Å². The summed E-state index contributed by atoms with van der Waals surface area (Å²) in [5, 5.41) is 5.79. The second-order valence-electron chi connectivity index (χ2n) is 5.85. The van der Waals surface area contributed by atoms with Crippen LogP contribution in [0.1, 0.15) is 11.8 Å². The Hall–Kier alpha value is -2.90. The van der Waals surface area contributed by atoms with Gasteiger partial charge in [-0.25, -0.2) is 13.1 Å². The largest absolute Gasteiger partial charge is 0.467 e. The molecule has 4 aromatic rings. The molecule has 0 fully saturated rings. The summed E-state index contributed by atoms with van der Waals surface area (Å²) in [6.45, 7) is 0.126. The van der Waals surface area contributed by atoms with Gasteiger partial charge in [-0.2, -0.15) is 5.10 Å². The van der Waals surface area contributed by atoms with Crippen molar-refractivity contribution in [2.24, 2.45) is 0 Å². The Morgan fingerprint density at radius 1 is 1.04 bits per heavy atom. The fraction of sp³-hybridized carbons (Fsp3) is 0.105. The molecule has 1 atom stereocenters. The molecule has 2 heterocycles. The highest BCUT2D eigenvalue weighted by Crippen LogP contribution is 2.24. The Morgan fingerprint density at radius 2 is 1.88 bits per heavy atom. The summed E-state index contributed by atoms with van der Waals surface area (Å²) in [4.78, 5) is 0.259. The molecule has 0 bridgehead atoms. The average Bonchev–Trinajstić information content (AvgIpc) is 3.36. The molecule has 1 N–H and O–H groups in total. The van der Waals surface area contributed by atoms with Gasteiger partial charge >= 0.3 is 0 Å². The summed E-state index contributed by atoms with van der Waals surface area (Å²) in [5.41, 5.74) is 0. The first-order valence-electron chi connectivity index (χ1n) is 8.15. The van der Waals surface area contributed by atoms with E-state index in [-0.39, 0.29) is 17.5 Å². The van der Waals surface area contributed by atoms with E-state index < -0.39 is 10.0 Å². The Bertz CT molecular complexity index is 1060. The first kappa shape index (κ1) is 16.6. The molecule has 6 nitrogen and oxygen atoms in total. The van der Waals surface area contributed by atoms with E-state index in [1.165, 1.54) is 0 Å². The van der Waals surface area contributed by atoms with Crippen LogP contribution in [0.25, 0.3) is 10.8 Å². The quantitative estimate of drug-likeness (QED) is 0.568. The van der Waals surface area contributed by atoms with Crippen LogP contribution in [0.2, 0.25) is 0 Å². The number of hydrogen-bond acceptors (Lipinski definition) is 4. The highest BCUT2D eigenvalue weighted by Gasteiger charge is 2.22. The lowest BCUT2D eigenvalue weighted by molar-refractivity contribution is 0.402. The molecule has 0 radical (unpaired) electrons. The van der Waals surface area contributed by atoms with Crippen LogP contribution in [0.5, 0.6) is 0 Å². The number of aromatic nitrogens is 2. The lowest BCUT2D eigenvalue weighted by Crippen LogP contribution is -2.31. The lowest BCUT2D eigenvalue weighted by atomic mass is 10.1. The van der Waals surface area contributed by atoms with E-state index in [0.29, 0.717) is 11.1 Å². The summed E-state index contributed by atoms with van der Waals surface area (Å²) in [7, 11) is -3.70. The van der Waals surface area contributed by atoms with Gasteiger partial charge in [-0.3, -0.25) is 4.68 Å². The molecule has 0 aliphatic heterocycles. The maximum absolute atomic E-state index is 12.9. The fourth-order valence-corrected chi connectivity index (χ4v) is 4.23. The summed E-state index contributed by atoms with van der Waals surface area (Å²) < 4.78 is 35.7. The molecular weight excluding hydrogens is 350 g/mol. The molecule has 0 saturated heterocycles. The van der Waals surface area contributed by atoms with E-state index in [1.807, 2.05) is 24.3 Å². The van der Waals surface area contributed by atoms with Crippen LogP contribution in [-0.4, -0.2) is 24.7 Å². The monoisotopic (exact) mass is 367 g/mol. The summed E-state index contributed by atoms with van der Waals surface area (Å²) in [6, 6.07) is 17.7. The highest BCUT2D eigenvalue weighted by molar-refractivity contribution is 7.89. The zero-order valence-electron chi connectivity index (χ0n) is 13.8. The maximum atomic E-state index is 12.9. The maximum Gasteiger partial charge on any atom is 0.241 e. The van der Waals surface area contributed by atoms with Gasteiger partial charge in [-0.15, -0.1) is 0 Å². The average molecular weight is 367 g/mol. The second kappa shape index (κ2) is 6.78. The van der Waals surface area contributed by atoms with Gasteiger partial charge in [0.2, 0.25) is 10.0 Å². The minimum Gasteiger partial charge on any atom is -0.467 e. The molecule has 0 saturated carbocycles. The summed E-state index contributed by atoms with van der Waals surface area (Å²) in [5.74, 6) is 0.634. The van der Waals surface area contributed by atoms with Crippen molar-refractivity contribution in [1.82, 2.24) is 14.5 Å². The standard InChI is InChI=1S/C19H17N3O3S/c23-26(24,19-10-3-7-15-6-1-2-8-16(15)19)21-14-17(18-9-4-13-25-18)22-12-5-11-20-22/h1-13,17,21H,14H2. The molecule has 7 heteroatoms. The van der Waals surface area contributed by atoms with E-state index in [9.17, 15) is 8.42 Å². The second-order valence-corrected chi connectivity index (χ2v) is 7.58. The SMILES string of the molecule is O=S(=O)(NCC(c1ccco1)n1cccn1)c1cccc2ccccc12. The van der Waals surface area contributed by atoms with Crippen LogP contribution in [0.15, 0.2) is 88.6 Å². The predicted molar refractivity (Wildman–Crippen MR) is 98.2 cm³/mol. The molecule has 0 aliphatic carbocycles. The van der Waals surface area contributed by atoms with Crippen LogP contribution in [-0.2, 0) is 10.0 Å². The Kier molecular flexibility index (Phi) is 4.32. The lowest BCUT2D eigenvalue weighted by Gasteiger charge is -2.17. The number of benzene rings is 2. The van der Waals surface area contributed by atoms with Gasteiger partial charge in [0, 0.05) is 24.3 Å². The van der Waals surface area contributed by atoms with Crippen molar-refractivity contribution >= 4 is 20.8 Å². The number of furan rings is 1. The number of nitrogens with zero attached hydrogens (tertiary/aromatic N) is 2. The van der Waals surface area contributed by atoms with Gasteiger partial charge in [-0.1, -0.05) is 36.4 Å². The van der Waals surface area contributed by atoms with Crippen molar-refractivity contribution < 1.29 is 12.8 Å². The Morgan fingerprint density at radius 3 is 2.65 bits per heavy atom. The van der Waals surface area contributed by atoms with Gasteiger partial charge in [0.25, 0.3) is 0 Å². The normalized spacial score (nSPS) is 13.1. The fourth-order valence-electron chi connectivity index (χ4n) is 2.97. The molecule has 1 unspecified atom stereocenters. The van der Waals surface area contributed by atoms with E-state index in [4.69, 9.17) is 4.42 Å². The van der Waals surface area contributed by atoms with Crippen LogP contribution >= 0.6 is 0 Å². The molecule has 0 spiro atoms. The number of fused-ring (bicyclic) bond motifs is 1. The van der Waals surface area contributed by atoms with Crippen molar-refractivity contribution in [3.63, 3.8) is 0 Å². The van der Waals surface area contributed by atoms with Crippen molar-refractivity contribution in [2.45, 2.75) is 10.9 Å². The van der Waals surface area contributed by atoms with Gasteiger partial charge in [-0.05, 0) is 29.7 Å². The van der Waals surface area contributed by atoms with Gasteiger partial charge in [0.05, 0.1) is 11.2 Å². The molecule has 2 aromatic carbocycles. The van der Waals surface area contributed by atoms with Crippen molar-refractivity contribution in [3.8, 4) is 0 Å². The Labute approximate surface area is 151 Å². The van der Waals surface area contributed by atoms with Crippen LogP contribution in [0.4, 0.5) is 0 Å². The molecule has 2 aromatic heterocycles. The molecule has 4 rings (SSSR count). The molecular formula is C19H17N3O3S. The van der Waals surface area contributed by atoms with Crippen molar-refractivity contribution in [2.75, 3.05) is 6.54 Å². The predicted octanol–water partition coefficient (Wildman–Crippen LogP) is 3.20. The minimum absolute atomic E-state index is 0.126. The first-order valence-corrected chi connectivity index (χ1v) is 9.63. The van der Waals surface area contributed by atoms with Crippen molar-refractivity contribution in [3.05, 3.63) is 85.1 Å². The van der Waals surface area contributed by atoms with E-state index in [1.54, 1.807) is 59.7 Å². The van der Waals surface area contributed by atoms with E-state index in [2.05, 4.69) is 9.82 Å². The Balaban J connectivity index is 1.65. The minimum atomic E-state index is -3.70. The van der Waals surface area contributed by atoms with E-state index >= 15 is 0 Å². The summed E-state index contributed by atoms with van der Waals surface area (Å²) in [6.07, 6.45) is 4.99. The number of hydrogen-bond donors (Lipinski definition) is 1.